The predicted molar refractivity (Wildman–Crippen MR) is 77.4 cm³/mol. The van der Waals surface area contributed by atoms with Crippen molar-refractivity contribution in [1.82, 2.24) is 10.2 Å². The van der Waals surface area contributed by atoms with Crippen molar-refractivity contribution in [3.8, 4) is 0 Å². The molecule has 0 saturated carbocycles. The van der Waals surface area contributed by atoms with E-state index in [4.69, 9.17) is 0 Å². The SMILES string of the molecule is COC(=O)Cc1ccc(CNCC2CCCN2C)s1. The maximum atomic E-state index is 11.2. The zero-order chi connectivity index (χ0) is 13.7. The molecule has 0 spiro atoms. The minimum atomic E-state index is -0.172. The number of thiophene rings is 1. The van der Waals surface area contributed by atoms with Crippen LogP contribution in [0.25, 0.3) is 0 Å². The van der Waals surface area contributed by atoms with Crippen molar-refractivity contribution in [1.29, 1.82) is 0 Å². The number of nitrogens with zero attached hydrogens (tertiary/aromatic N) is 1. The fourth-order valence-electron chi connectivity index (χ4n) is 2.43. The van der Waals surface area contributed by atoms with Gasteiger partial charge < -0.3 is 15.0 Å². The first kappa shape index (κ1) is 14.5. The molecule has 0 aromatic carbocycles. The van der Waals surface area contributed by atoms with E-state index in [0.717, 1.165) is 18.0 Å². The second-order valence-corrected chi connectivity index (χ2v) is 6.28. The summed E-state index contributed by atoms with van der Waals surface area (Å²) >= 11 is 1.68. The molecule has 2 rings (SSSR count). The molecule has 1 aliphatic rings. The molecule has 1 unspecified atom stereocenters. The number of rotatable bonds is 6. The molecular formula is C14H22N2O2S. The zero-order valence-corrected chi connectivity index (χ0v) is 12.5. The van der Waals surface area contributed by atoms with Gasteiger partial charge in [0.05, 0.1) is 13.5 Å². The normalized spacial score (nSPS) is 19.8. The highest BCUT2D eigenvalue weighted by Crippen LogP contribution is 2.18. The van der Waals surface area contributed by atoms with E-state index in [-0.39, 0.29) is 5.97 Å². The zero-order valence-electron chi connectivity index (χ0n) is 11.6. The van der Waals surface area contributed by atoms with Crippen LogP contribution in [0, 0.1) is 0 Å². The van der Waals surface area contributed by atoms with Gasteiger partial charge in [0.2, 0.25) is 0 Å². The van der Waals surface area contributed by atoms with Gasteiger partial charge in [0, 0.05) is 28.9 Å². The average Bonchev–Trinajstić information content (AvgIpc) is 3.00. The Hall–Kier alpha value is -0.910. The topological polar surface area (TPSA) is 41.6 Å². The van der Waals surface area contributed by atoms with E-state index in [1.54, 1.807) is 11.3 Å². The second kappa shape index (κ2) is 7.03. The summed E-state index contributed by atoms with van der Waals surface area (Å²) in [6, 6.07) is 4.78. The number of likely N-dealkylation sites (N-methyl/N-ethyl adjacent to an activating group) is 1. The Bertz CT molecular complexity index is 419. The highest BCUT2D eigenvalue weighted by molar-refractivity contribution is 7.12. The lowest BCUT2D eigenvalue weighted by Gasteiger charge is -2.19. The molecule has 1 fully saturated rings. The van der Waals surface area contributed by atoms with Crippen LogP contribution in [0.2, 0.25) is 0 Å². The molecule has 1 atom stereocenters. The van der Waals surface area contributed by atoms with Crippen LogP contribution < -0.4 is 5.32 Å². The number of hydrogen-bond acceptors (Lipinski definition) is 5. The highest BCUT2D eigenvalue weighted by Gasteiger charge is 2.19. The third-order valence-corrected chi connectivity index (χ3v) is 4.70. The van der Waals surface area contributed by atoms with Gasteiger partial charge >= 0.3 is 5.97 Å². The lowest BCUT2D eigenvalue weighted by atomic mass is 10.2. The van der Waals surface area contributed by atoms with Crippen molar-refractivity contribution in [2.45, 2.75) is 31.8 Å². The Balaban J connectivity index is 1.72. The molecule has 1 aromatic rings. The van der Waals surface area contributed by atoms with Gasteiger partial charge in [0.25, 0.3) is 0 Å². The van der Waals surface area contributed by atoms with Gasteiger partial charge in [-0.3, -0.25) is 4.79 Å². The van der Waals surface area contributed by atoms with Crippen LogP contribution >= 0.6 is 11.3 Å². The lowest BCUT2D eigenvalue weighted by molar-refractivity contribution is -0.139. The molecule has 19 heavy (non-hydrogen) atoms. The van der Waals surface area contributed by atoms with Crippen LogP contribution in [-0.2, 0) is 22.5 Å². The first-order chi connectivity index (χ1) is 9.19. The number of carbonyl (C=O) groups excluding carboxylic acids is 1. The predicted octanol–water partition coefficient (Wildman–Crippen LogP) is 1.65. The Kier molecular flexibility index (Phi) is 5.36. The average molecular weight is 282 g/mol. The molecule has 1 N–H and O–H groups in total. The molecule has 106 valence electrons. The van der Waals surface area contributed by atoms with E-state index in [1.807, 2.05) is 6.07 Å². The number of hydrogen-bond donors (Lipinski definition) is 1. The summed E-state index contributed by atoms with van der Waals surface area (Å²) in [4.78, 5) is 15.9. The third-order valence-electron chi connectivity index (χ3n) is 3.61. The summed E-state index contributed by atoms with van der Waals surface area (Å²) in [5.74, 6) is -0.172. The molecule has 0 aliphatic carbocycles. The molecule has 1 saturated heterocycles. The van der Waals surface area contributed by atoms with Gasteiger partial charge in [-0.1, -0.05) is 0 Å². The summed E-state index contributed by atoms with van der Waals surface area (Å²) in [6.45, 7) is 3.14. The van der Waals surface area contributed by atoms with Crippen LogP contribution in [0.1, 0.15) is 22.6 Å². The van der Waals surface area contributed by atoms with Crippen molar-refractivity contribution >= 4 is 17.3 Å². The van der Waals surface area contributed by atoms with Gasteiger partial charge in [-0.25, -0.2) is 0 Å². The minimum absolute atomic E-state index is 0.172. The Morgan fingerprint density at radius 2 is 2.32 bits per heavy atom. The third kappa shape index (κ3) is 4.30. The standard InChI is InChI=1S/C14H22N2O2S/c1-16-7-3-4-11(16)9-15-10-13-6-5-12(19-13)8-14(17)18-2/h5-6,11,15H,3-4,7-10H2,1-2H3. The number of esters is 1. The van der Waals surface area contributed by atoms with E-state index in [1.165, 1.54) is 31.4 Å². The quantitative estimate of drug-likeness (QED) is 0.806. The fourth-order valence-corrected chi connectivity index (χ4v) is 3.40. The highest BCUT2D eigenvalue weighted by atomic mass is 32.1. The minimum Gasteiger partial charge on any atom is -0.469 e. The van der Waals surface area contributed by atoms with Crippen LogP contribution in [0.3, 0.4) is 0 Å². The molecule has 4 nitrogen and oxygen atoms in total. The van der Waals surface area contributed by atoms with E-state index in [2.05, 4.69) is 28.1 Å². The van der Waals surface area contributed by atoms with Crippen LogP contribution in [-0.4, -0.2) is 44.2 Å². The van der Waals surface area contributed by atoms with Crippen molar-refractivity contribution in [2.24, 2.45) is 0 Å². The summed E-state index contributed by atoms with van der Waals surface area (Å²) < 4.78 is 4.67. The van der Waals surface area contributed by atoms with E-state index < -0.39 is 0 Å². The van der Waals surface area contributed by atoms with Gasteiger partial charge in [-0.2, -0.15) is 0 Å². The van der Waals surface area contributed by atoms with Crippen LogP contribution in [0.4, 0.5) is 0 Å². The van der Waals surface area contributed by atoms with Crippen LogP contribution in [0.5, 0.6) is 0 Å². The van der Waals surface area contributed by atoms with Crippen molar-refractivity contribution < 1.29 is 9.53 Å². The van der Waals surface area contributed by atoms with Gasteiger partial charge in [-0.05, 0) is 38.6 Å². The molecule has 0 amide bonds. The molecule has 0 bridgehead atoms. The van der Waals surface area contributed by atoms with Crippen molar-refractivity contribution in [3.05, 3.63) is 21.9 Å². The molecule has 1 aromatic heterocycles. The van der Waals surface area contributed by atoms with E-state index in [9.17, 15) is 4.79 Å². The summed E-state index contributed by atoms with van der Waals surface area (Å²) in [7, 11) is 3.62. The molecule has 1 aliphatic heterocycles. The van der Waals surface area contributed by atoms with E-state index >= 15 is 0 Å². The first-order valence-corrected chi connectivity index (χ1v) is 7.56. The molecule has 2 heterocycles. The first-order valence-electron chi connectivity index (χ1n) is 6.74. The monoisotopic (exact) mass is 282 g/mol. The van der Waals surface area contributed by atoms with Gasteiger partial charge in [0.1, 0.15) is 0 Å². The fraction of sp³-hybridized carbons (Fsp3) is 0.643. The summed E-state index contributed by atoms with van der Waals surface area (Å²) in [5, 5.41) is 3.51. The summed E-state index contributed by atoms with van der Waals surface area (Å²) in [6.07, 6.45) is 2.99. The molecule has 5 heteroatoms. The largest absolute Gasteiger partial charge is 0.469 e. The maximum absolute atomic E-state index is 11.2. The maximum Gasteiger partial charge on any atom is 0.310 e. The Morgan fingerprint density at radius 1 is 1.53 bits per heavy atom. The Labute approximate surface area is 118 Å². The van der Waals surface area contributed by atoms with Gasteiger partial charge in [-0.15, -0.1) is 11.3 Å². The second-order valence-electron chi connectivity index (χ2n) is 5.03. The number of ether oxygens (including phenoxy) is 1. The number of methoxy groups -OCH3 is 1. The van der Waals surface area contributed by atoms with Crippen molar-refractivity contribution in [2.75, 3.05) is 27.2 Å². The number of likely N-dealkylation sites (tertiary alicyclic amines) is 1. The van der Waals surface area contributed by atoms with E-state index in [0.29, 0.717) is 12.5 Å². The van der Waals surface area contributed by atoms with Crippen LogP contribution in [0.15, 0.2) is 12.1 Å². The van der Waals surface area contributed by atoms with Gasteiger partial charge in [0.15, 0.2) is 0 Å². The lowest BCUT2D eigenvalue weighted by Crippen LogP contribution is -2.35. The Morgan fingerprint density at radius 3 is 3.00 bits per heavy atom. The summed E-state index contributed by atoms with van der Waals surface area (Å²) in [5.41, 5.74) is 0. The van der Waals surface area contributed by atoms with Crippen molar-refractivity contribution in [3.63, 3.8) is 0 Å². The number of carbonyl (C=O) groups is 1. The smallest absolute Gasteiger partial charge is 0.310 e. The molecule has 0 radical (unpaired) electrons. The molecular weight excluding hydrogens is 260 g/mol. The number of nitrogens with one attached hydrogen (secondary N) is 1.